The zero-order valence-corrected chi connectivity index (χ0v) is 13.7. The fourth-order valence-electron chi connectivity index (χ4n) is 1.88. The lowest BCUT2D eigenvalue weighted by atomic mass is 10.0. The second kappa shape index (κ2) is 7.83. The highest BCUT2D eigenvalue weighted by molar-refractivity contribution is 9.10. The minimum Gasteiger partial charge on any atom is -0.376 e. The van der Waals surface area contributed by atoms with E-state index in [9.17, 15) is 0 Å². The summed E-state index contributed by atoms with van der Waals surface area (Å²) in [6, 6.07) is 18.7. The van der Waals surface area contributed by atoms with Gasteiger partial charge in [-0.25, -0.2) is 0 Å². The molecular weight excluding hydrogens is 368 g/mol. The van der Waals surface area contributed by atoms with Gasteiger partial charge in [-0.3, -0.25) is 0 Å². The molecule has 0 aliphatic rings. The predicted octanol–water partition coefficient (Wildman–Crippen LogP) is 5.14. The Morgan fingerprint density at radius 2 is 1.79 bits per heavy atom. The van der Waals surface area contributed by atoms with Gasteiger partial charge in [-0.2, -0.15) is 0 Å². The molecule has 0 saturated heterocycles. The third kappa shape index (κ3) is 4.75. The first-order valence-corrected chi connectivity index (χ1v) is 8.14. The summed E-state index contributed by atoms with van der Waals surface area (Å²) < 4.78 is 6.93. The average molecular weight is 384 g/mol. The van der Waals surface area contributed by atoms with E-state index in [1.54, 1.807) is 0 Å². The van der Waals surface area contributed by atoms with Crippen LogP contribution in [-0.4, -0.2) is 11.9 Å². The lowest BCUT2D eigenvalue weighted by Crippen LogP contribution is -2.09. The summed E-state index contributed by atoms with van der Waals surface area (Å²) in [7, 11) is 0. The Morgan fingerprint density at radius 1 is 1.00 bits per heavy atom. The van der Waals surface area contributed by atoms with Crippen LogP contribution in [0.15, 0.2) is 59.1 Å². The Morgan fingerprint density at radius 3 is 2.47 bits per heavy atom. The zero-order valence-electron chi connectivity index (χ0n) is 10.6. The topological polar surface area (TPSA) is 9.23 Å². The molecule has 3 heteroatoms. The second-order valence-corrected chi connectivity index (χ2v) is 5.97. The van der Waals surface area contributed by atoms with Crippen LogP contribution in [0, 0.1) is 0 Å². The van der Waals surface area contributed by atoms with E-state index in [0.29, 0.717) is 12.5 Å². The molecule has 0 aliphatic heterocycles. The Bertz CT molecular complexity index is 499. The van der Waals surface area contributed by atoms with Crippen molar-refractivity contribution in [3.8, 4) is 0 Å². The molecule has 0 radical (unpaired) electrons. The van der Waals surface area contributed by atoms with E-state index in [4.69, 9.17) is 4.74 Å². The highest BCUT2D eigenvalue weighted by Crippen LogP contribution is 2.22. The number of rotatable bonds is 6. The molecule has 0 fully saturated rings. The van der Waals surface area contributed by atoms with Crippen molar-refractivity contribution in [3.63, 3.8) is 0 Å². The van der Waals surface area contributed by atoms with Crippen molar-refractivity contribution < 1.29 is 4.74 Å². The van der Waals surface area contributed by atoms with E-state index in [1.165, 1.54) is 11.1 Å². The van der Waals surface area contributed by atoms with Crippen molar-refractivity contribution in [2.45, 2.75) is 12.5 Å². The zero-order chi connectivity index (χ0) is 13.5. The first-order valence-electron chi connectivity index (χ1n) is 6.22. The molecule has 0 bridgehead atoms. The monoisotopic (exact) mass is 382 g/mol. The van der Waals surface area contributed by atoms with Gasteiger partial charge in [0.15, 0.2) is 0 Å². The van der Waals surface area contributed by atoms with Crippen molar-refractivity contribution in [3.05, 3.63) is 70.2 Å². The number of alkyl halides is 1. The van der Waals surface area contributed by atoms with Gasteiger partial charge >= 0.3 is 0 Å². The quantitative estimate of drug-likeness (QED) is 0.627. The fourth-order valence-corrected chi connectivity index (χ4v) is 2.86. The molecule has 0 heterocycles. The molecule has 100 valence electrons. The molecule has 2 aromatic rings. The minimum atomic E-state index is 0.376. The van der Waals surface area contributed by atoms with Gasteiger partial charge in [-0.05, 0) is 23.3 Å². The molecular formula is C16H16Br2O. The molecule has 0 N–H and O–H groups in total. The number of hydrogen-bond acceptors (Lipinski definition) is 1. The number of halogens is 2. The summed E-state index contributed by atoms with van der Waals surface area (Å²) >= 11 is 7.08. The van der Waals surface area contributed by atoms with E-state index in [1.807, 2.05) is 24.3 Å². The molecule has 0 aromatic heterocycles. The number of ether oxygens (including phenoxy) is 1. The van der Waals surface area contributed by atoms with Crippen LogP contribution in [0.2, 0.25) is 0 Å². The Labute approximate surface area is 131 Å². The summed E-state index contributed by atoms with van der Waals surface area (Å²) in [4.78, 5) is 0. The Kier molecular flexibility index (Phi) is 6.08. The first-order chi connectivity index (χ1) is 9.29. The van der Waals surface area contributed by atoms with Crippen molar-refractivity contribution in [2.24, 2.45) is 0 Å². The van der Waals surface area contributed by atoms with Gasteiger partial charge in [0.05, 0.1) is 13.2 Å². The van der Waals surface area contributed by atoms with Gasteiger partial charge < -0.3 is 4.74 Å². The largest absolute Gasteiger partial charge is 0.376 e. The summed E-state index contributed by atoms with van der Waals surface area (Å²) in [5, 5.41) is 0.901. The van der Waals surface area contributed by atoms with Crippen LogP contribution in [0.4, 0.5) is 0 Å². The molecule has 2 aromatic carbocycles. The van der Waals surface area contributed by atoms with Crippen molar-refractivity contribution >= 4 is 31.9 Å². The highest BCUT2D eigenvalue weighted by atomic mass is 79.9. The van der Waals surface area contributed by atoms with Crippen molar-refractivity contribution in [2.75, 3.05) is 11.9 Å². The van der Waals surface area contributed by atoms with Gasteiger partial charge in [0.1, 0.15) is 0 Å². The summed E-state index contributed by atoms with van der Waals surface area (Å²) in [5.74, 6) is 0.376. The fraction of sp³-hybridized carbons (Fsp3) is 0.250. The molecule has 0 amide bonds. The number of hydrogen-bond donors (Lipinski definition) is 0. The minimum absolute atomic E-state index is 0.376. The third-order valence-electron chi connectivity index (χ3n) is 2.94. The van der Waals surface area contributed by atoms with Crippen LogP contribution in [0.3, 0.4) is 0 Å². The maximum Gasteiger partial charge on any atom is 0.0717 e. The van der Waals surface area contributed by atoms with E-state index < -0.39 is 0 Å². The molecule has 0 spiro atoms. The molecule has 0 aliphatic carbocycles. The molecule has 0 saturated carbocycles. The Hall–Kier alpha value is -0.640. The number of benzene rings is 2. The van der Waals surface area contributed by atoms with E-state index >= 15 is 0 Å². The van der Waals surface area contributed by atoms with Gasteiger partial charge in [-0.1, -0.05) is 74.3 Å². The van der Waals surface area contributed by atoms with Crippen molar-refractivity contribution in [1.29, 1.82) is 0 Å². The first kappa shape index (κ1) is 14.8. The molecule has 1 nitrogen and oxygen atoms in total. The van der Waals surface area contributed by atoms with Crippen LogP contribution in [0.25, 0.3) is 0 Å². The summed E-state index contributed by atoms with van der Waals surface area (Å²) in [6.45, 7) is 1.38. The smallest absolute Gasteiger partial charge is 0.0717 e. The lowest BCUT2D eigenvalue weighted by Gasteiger charge is -2.15. The highest BCUT2D eigenvalue weighted by Gasteiger charge is 2.10. The normalized spacial score (nSPS) is 12.3. The van der Waals surface area contributed by atoms with Crippen LogP contribution in [0.5, 0.6) is 0 Å². The lowest BCUT2D eigenvalue weighted by molar-refractivity contribution is 0.111. The van der Waals surface area contributed by atoms with E-state index in [2.05, 4.69) is 62.2 Å². The average Bonchev–Trinajstić information content (AvgIpc) is 2.45. The molecule has 1 atom stereocenters. The van der Waals surface area contributed by atoms with E-state index in [-0.39, 0.29) is 0 Å². The van der Waals surface area contributed by atoms with Gasteiger partial charge in [0.25, 0.3) is 0 Å². The summed E-state index contributed by atoms with van der Waals surface area (Å²) in [6.07, 6.45) is 0. The van der Waals surface area contributed by atoms with Crippen molar-refractivity contribution in [1.82, 2.24) is 0 Å². The van der Waals surface area contributed by atoms with Crippen LogP contribution >= 0.6 is 31.9 Å². The maximum absolute atomic E-state index is 5.82. The van der Waals surface area contributed by atoms with E-state index in [0.717, 1.165) is 16.4 Å². The van der Waals surface area contributed by atoms with Crippen LogP contribution in [0.1, 0.15) is 17.0 Å². The third-order valence-corrected chi connectivity index (χ3v) is 4.21. The molecule has 2 rings (SSSR count). The predicted molar refractivity (Wildman–Crippen MR) is 86.8 cm³/mol. The standard InChI is InChI=1S/C16H16Br2O/c17-10-15(14-7-4-8-16(18)9-14)12-19-11-13-5-2-1-3-6-13/h1-9,15H,10-12H2. The maximum atomic E-state index is 5.82. The van der Waals surface area contributed by atoms with Crippen LogP contribution < -0.4 is 0 Å². The SMILES string of the molecule is BrCC(COCc1ccccc1)c1cccc(Br)c1. The van der Waals surface area contributed by atoms with Gasteiger partial charge in [-0.15, -0.1) is 0 Å². The van der Waals surface area contributed by atoms with Gasteiger partial charge in [0.2, 0.25) is 0 Å². The van der Waals surface area contributed by atoms with Crippen LogP contribution in [-0.2, 0) is 11.3 Å². The molecule has 1 unspecified atom stereocenters. The molecule has 19 heavy (non-hydrogen) atoms. The van der Waals surface area contributed by atoms with Gasteiger partial charge in [0, 0.05) is 15.7 Å². The second-order valence-electron chi connectivity index (χ2n) is 4.41. The Balaban J connectivity index is 1.89. The summed E-state index contributed by atoms with van der Waals surface area (Å²) in [5.41, 5.74) is 2.50.